The van der Waals surface area contributed by atoms with Crippen molar-refractivity contribution in [2.45, 2.75) is 6.92 Å². The zero-order valence-electron chi connectivity index (χ0n) is 16.1. The minimum Gasteiger partial charge on any atom is -0.354 e. The van der Waals surface area contributed by atoms with E-state index in [9.17, 15) is 4.39 Å². The Hall–Kier alpha value is -2.36. The van der Waals surface area contributed by atoms with Crippen molar-refractivity contribution in [1.29, 1.82) is 0 Å². The van der Waals surface area contributed by atoms with E-state index in [-0.39, 0.29) is 19.1 Å². The molecule has 1 aliphatic rings. The van der Waals surface area contributed by atoms with E-state index in [1.165, 1.54) is 0 Å². The van der Waals surface area contributed by atoms with Crippen molar-refractivity contribution in [3.05, 3.63) is 42.6 Å². The van der Waals surface area contributed by atoms with Gasteiger partial charge < -0.3 is 10.2 Å². The second kappa shape index (κ2) is 9.91. The number of hydrogen-bond donors (Lipinski definition) is 1. The van der Waals surface area contributed by atoms with E-state index in [1.54, 1.807) is 17.5 Å². The quantitative estimate of drug-likeness (QED) is 0.634. The molecule has 4 rings (SSSR count). The van der Waals surface area contributed by atoms with Crippen molar-refractivity contribution >= 4 is 40.5 Å². The lowest BCUT2D eigenvalue weighted by Gasteiger charge is -2.35. The van der Waals surface area contributed by atoms with Crippen LogP contribution in [0.1, 0.15) is 5.82 Å². The molecule has 0 amide bonds. The maximum absolute atomic E-state index is 12.5. The summed E-state index contributed by atoms with van der Waals surface area (Å²) in [5, 5.41) is 4.07. The lowest BCUT2D eigenvalue weighted by Crippen LogP contribution is -2.47. The third kappa shape index (κ3) is 5.37. The molecule has 4 heterocycles. The fourth-order valence-corrected chi connectivity index (χ4v) is 3.99. The summed E-state index contributed by atoms with van der Waals surface area (Å²) in [6.45, 7) is 5.45. The van der Waals surface area contributed by atoms with Crippen LogP contribution in [0.15, 0.2) is 36.8 Å². The summed E-state index contributed by atoms with van der Waals surface area (Å²) >= 11 is 1.56. The van der Waals surface area contributed by atoms with Gasteiger partial charge in [0.2, 0.25) is 0 Å². The lowest BCUT2D eigenvalue weighted by atomic mass is 10.3. The monoisotopic (exact) mass is 435 g/mol. The van der Waals surface area contributed by atoms with Crippen molar-refractivity contribution < 1.29 is 4.39 Å². The Bertz CT molecular complexity index is 916. The van der Waals surface area contributed by atoms with Crippen LogP contribution in [0.2, 0.25) is 0 Å². The van der Waals surface area contributed by atoms with Gasteiger partial charge in [-0.3, -0.25) is 9.88 Å². The number of halogens is 2. The van der Waals surface area contributed by atoms with Crippen LogP contribution in [0.5, 0.6) is 0 Å². The third-order valence-electron chi connectivity index (χ3n) is 4.61. The Morgan fingerprint density at radius 3 is 2.72 bits per heavy atom. The number of nitrogens with one attached hydrogen (secondary N) is 1. The first-order chi connectivity index (χ1) is 13.7. The topological polar surface area (TPSA) is 70.1 Å². The molecule has 10 heteroatoms. The van der Waals surface area contributed by atoms with E-state index in [2.05, 4.69) is 35.1 Å². The second-order valence-electron chi connectivity index (χ2n) is 6.57. The lowest BCUT2D eigenvalue weighted by molar-refractivity contribution is 0.235. The number of alkyl halides is 1. The summed E-state index contributed by atoms with van der Waals surface area (Å²) < 4.78 is 12.5. The van der Waals surface area contributed by atoms with Crippen LogP contribution in [0, 0.1) is 6.92 Å². The van der Waals surface area contributed by atoms with E-state index >= 15 is 0 Å². The summed E-state index contributed by atoms with van der Waals surface area (Å²) in [4.78, 5) is 23.1. The molecule has 0 bridgehead atoms. The number of hydrogen-bond acceptors (Lipinski definition) is 8. The van der Waals surface area contributed by atoms with Crippen LogP contribution >= 0.6 is 23.7 Å². The Morgan fingerprint density at radius 1 is 1.17 bits per heavy atom. The van der Waals surface area contributed by atoms with Crippen molar-refractivity contribution in [3.63, 3.8) is 0 Å². The van der Waals surface area contributed by atoms with Crippen LogP contribution in [-0.4, -0.2) is 64.2 Å². The van der Waals surface area contributed by atoms with Gasteiger partial charge in [-0.2, -0.15) is 0 Å². The molecule has 0 radical (unpaired) electrons. The number of piperazine rings is 1. The highest BCUT2D eigenvalue weighted by Gasteiger charge is 2.19. The van der Waals surface area contributed by atoms with Gasteiger partial charge in [0.1, 0.15) is 24.1 Å². The van der Waals surface area contributed by atoms with Crippen LogP contribution in [-0.2, 0) is 0 Å². The molecule has 0 unspecified atom stereocenters. The highest BCUT2D eigenvalue weighted by atomic mass is 35.5. The third-order valence-corrected chi connectivity index (χ3v) is 5.57. The first kappa shape index (κ1) is 21.4. The Balaban J connectivity index is 0.00000240. The number of nitrogens with zero attached hydrogens (tertiary/aromatic N) is 6. The first-order valence-corrected chi connectivity index (χ1v) is 10.0. The second-order valence-corrected chi connectivity index (χ2v) is 7.60. The zero-order valence-corrected chi connectivity index (χ0v) is 17.7. The van der Waals surface area contributed by atoms with Crippen LogP contribution in [0.4, 0.5) is 21.2 Å². The predicted molar refractivity (Wildman–Crippen MR) is 117 cm³/mol. The molecule has 1 aliphatic heterocycles. The molecule has 0 spiro atoms. The molecule has 0 aliphatic carbocycles. The predicted octanol–water partition coefficient (Wildman–Crippen LogP) is 3.56. The normalized spacial score (nSPS) is 14.5. The first-order valence-electron chi connectivity index (χ1n) is 9.23. The standard InChI is InChI=1S/C19H22FN7S.ClH/c1-14-23-17(11-18(24-14)27-9-7-26(6-4-20)8-10-27)25-19-22-13-16(28-19)15-3-2-5-21-12-15;/h2-3,5,11-13H,4,6-10H2,1H3,(H,22,23,24,25);1H. The summed E-state index contributed by atoms with van der Waals surface area (Å²) in [5.74, 6) is 2.31. The van der Waals surface area contributed by atoms with Crippen molar-refractivity contribution in [1.82, 2.24) is 24.8 Å². The Kier molecular flexibility index (Phi) is 7.29. The molecule has 29 heavy (non-hydrogen) atoms. The maximum atomic E-state index is 12.5. The van der Waals surface area contributed by atoms with Gasteiger partial charge in [-0.05, 0) is 13.0 Å². The Labute approximate surface area is 179 Å². The van der Waals surface area contributed by atoms with Crippen LogP contribution < -0.4 is 10.2 Å². The Morgan fingerprint density at radius 2 is 2.00 bits per heavy atom. The largest absolute Gasteiger partial charge is 0.354 e. The number of anilines is 3. The van der Waals surface area contributed by atoms with Gasteiger partial charge in [0.25, 0.3) is 0 Å². The van der Waals surface area contributed by atoms with E-state index < -0.39 is 0 Å². The molecule has 3 aromatic rings. The van der Waals surface area contributed by atoms with Gasteiger partial charge in [-0.15, -0.1) is 12.4 Å². The average molecular weight is 436 g/mol. The molecular weight excluding hydrogens is 413 g/mol. The summed E-state index contributed by atoms with van der Waals surface area (Å²) in [5.41, 5.74) is 1.04. The van der Waals surface area contributed by atoms with Crippen LogP contribution in [0.3, 0.4) is 0 Å². The van der Waals surface area contributed by atoms with Crippen molar-refractivity contribution in [2.24, 2.45) is 0 Å². The minimum atomic E-state index is -0.296. The van der Waals surface area contributed by atoms with E-state index in [1.807, 2.05) is 37.5 Å². The summed E-state index contributed by atoms with van der Waals surface area (Å²) in [7, 11) is 0. The van der Waals surface area contributed by atoms with E-state index in [0.717, 1.165) is 53.4 Å². The number of aromatic nitrogens is 4. The molecule has 1 saturated heterocycles. The number of aryl methyl sites for hydroxylation is 1. The van der Waals surface area contributed by atoms with Crippen molar-refractivity contribution in [2.75, 3.05) is 49.6 Å². The van der Waals surface area contributed by atoms with Crippen molar-refractivity contribution in [3.8, 4) is 10.4 Å². The summed E-state index contributed by atoms with van der Waals surface area (Å²) in [6, 6.07) is 5.87. The molecule has 0 saturated carbocycles. The van der Waals surface area contributed by atoms with Gasteiger partial charge in [-0.25, -0.2) is 19.3 Å². The molecule has 7 nitrogen and oxygen atoms in total. The molecular formula is C19H23ClFN7S. The number of pyridine rings is 1. The molecule has 0 aromatic carbocycles. The maximum Gasteiger partial charge on any atom is 0.188 e. The van der Waals surface area contributed by atoms with Gasteiger partial charge in [0.05, 0.1) is 4.88 Å². The number of rotatable bonds is 6. The highest BCUT2D eigenvalue weighted by Crippen LogP contribution is 2.30. The molecule has 3 aromatic heterocycles. The molecule has 1 N–H and O–H groups in total. The number of thiazole rings is 1. The molecule has 1 fully saturated rings. The average Bonchev–Trinajstić information content (AvgIpc) is 3.17. The zero-order chi connectivity index (χ0) is 19.3. The smallest absolute Gasteiger partial charge is 0.188 e. The molecule has 0 atom stereocenters. The minimum absolute atomic E-state index is 0. The highest BCUT2D eigenvalue weighted by molar-refractivity contribution is 7.18. The van der Waals surface area contributed by atoms with Gasteiger partial charge >= 0.3 is 0 Å². The fourth-order valence-electron chi connectivity index (χ4n) is 3.18. The molecule has 154 valence electrons. The summed E-state index contributed by atoms with van der Waals surface area (Å²) in [6.07, 6.45) is 5.42. The van der Waals surface area contributed by atoms with Gasteiger partial charge in [0, 0.05) is 62.9 Å². The fraction of sp³-hybridized carbons (Fsp3) is 0.368. The van der Waals surface area contributed by atoms with E-state index in [4.69, 9.17) is 0 Å². The van der Waals surface area contributed by atoms with Gasteiger partial charge in [-0.1, -0.05) is 17.4 Å². The van der Waals surface area contributed by atoms with Crippen LogP contribution in [0.25, 0.3) is 10.4 Å². The van der Waals surface area contributed by atoms with E-state index in [0.29, 0.717) is 12.4 Å². The SMILES string of the molecule is Cc1nc(Nc2ncc(-c3cccnc3)s2)cc(N2CCN(CCF)CC2)n1.Cl. The van der Waals surface area contributed by atoms with Gasteiger partial charge in [0.15, 0.2) is 5.13 Å².